The van der Waals surface area contributed by atoms with Gasteiger partial charge in [0, 0.05) is 10.1 Å². The van der Waals surface area contributed by atoms with E-state index in [-0.39, 0.29) is 11.5 Å². The highest BCUT2D eigenvalue weighted by atomic mass is 32.2. The summed E-state index contributed by atoms with van der Waals surface area (Å²) < 4.78 is 3.69. The number of aliphatic hydroxyl groups excluding tert-OH is 1. The second kappa shape index (κ2) is 3.68. The van der Waals surface area contributed by atoms with E-state index in [1.807, 2.05) is 24.3 Å². The normalized spacial score (nSPS) is 14.6. The highest BCUT2D eigenvalue weighted by Gasteiger charge is 2.27. The van der Waals surface area contributed by atoms with Crippen molar-refractivity contribution < 1.29 is 15.0 Å². The first kappa shape index (κ1) is 10.5. The largest absolute Gasteiger partial charge is 0.504 e. The van der Waals surface area contributed by atoms with Crippen LogP contribution < -0.4 is 4.72 Å². The van der Waals surface area contributed by atoms with Crippen molar-refractivity contribution in [3.05, 3.63) is 34.8 Å². The van der Waals surface area contributed by atoms with Crippen molar-refractivity contribution in [3.63, 3.8) is 0 Å². The predicted molar refractivity (Wildman–Crippen MR) is 68.0 cm³/mol. The fourth-order valence-corrected chi connectivity index (χ4v) is 3.92. The lowest BCUT2D eigenvalue weighted by atomic mass is 10.2. The lowest BCUT2D eigenvalue weighted by Crippen LogP contribution is -2.18. The first-order valence-electron chi connectivity index (χ1n) is 4.80. The minimum Gasteiger partial charge on any atom is -0.504 e. The molecule has 17 heavy (non-hydrogen) atoms. The van der Waals surface area contributed by atoms with Gasteiger partial charge in [-0.25, -0.2) is 4.79 Å². The fraction of sp³-hybridized carbons (Fsp3) is 0. The number of hydrogen-bond acceptors (Lipinski definition) is 5. The summed E-state index contributed by atoms with van der Waals surface area (Å²) in [7, 11) is 0. The highest BCUT2D eigenvalue weighted by molar-refractivity contribution is 7.98. The Morgan fingerprint density at radius 1 is 1.29 bits per heavy atom. The smallest absolute Gasteiger partial charge is 0.356 e. The van der Waals surface area contributed by atoms with Crippen LogP contribution in [0.2, 0.25) is 0 Å². The van der Waals surface area contributed by atoms with Crippen molar-refractivity contribution >= 4 is 45.1 Å². The third kappa shape index (κ3) is 1.49. The van der Waals surface area contributed by atoms with E-state index >= 15 is 0 Å². The number of aliphatic carboxylic acids is 1. The van der Waals surface area contributed by atoms with Gasteiger partial charge in [0.25, 0.3) is 0 Å². The summed E-state index contributed by atoms with van der Waals surface area (Å²) in [5.74, 6) is -1.34. The Hall–Kier alpha value is -1.66. The molecule has 2 heterocycles. The van der Waals surface area contributed by atoms with Gasteiger partial charge in [0.15, 0.2) is 11.5 Å². The van der Waals surface area contributed by atoms with Crippen molar-refractivity contribution in [2.45, 2.75) is 4.90 Å². The molecule has 86 valence electrons. The number of carboxylic acid groups (broad SMARTS) is 1. The minimum absolute atomic E-state index is 0.158. The summed E-state index contributed by atoms with van der Waals surface area (Å²) >= 11 is 2.62. The Bertz CT molecular complexity index is 660. The molecule has 1 aromatic carbocycles. The van der Waals surface area contributed by atoms with E-state index in [0.29, 0.717) is 4.88 Å². The number of benzene rings is 1. The van der Waals surface area contributed by atoms with Crippen LogP contribution in [0.15, 0.2) is 34.9 Å². The van der Waals surface area contributed by atoms with Gasteiger partial charge in [0.1, 0.15) is 0 Å². The average Bonchev–Trinajstić information content (AvgIpc) is 2.69. The van der Waals surface area contributed by atoms with E-state index in [9.17, 15) is 9.90 Å². The van der Waals surface area contributed by atoms with Crippen LogP contribution in [0.5, 0.6) is 0 Å². The quantitative estimate of drug-likeness (QED) is 0.692. The number of aliphatic hydroxyl groups is 1. The number of nitrogens with one attached hydrogen (secondary N) is 1. The van der Waals surface area contributed by atoms with Crippen LogP contribution in [-0.4, -0.2) is 16.2 Å². The van der Waals surface area contributed by atoms with Gasteiger partial charge in [0.05, 0.1) is 9.77 Å². The van der Waals surface area contributed by atoms with Crippen LogP contribution in [0.25, 0.3) is 15.8 Å². The molecule has 3 N–H and O–H groups in total. The first-order chi connectivity index (χ1) is 8.18. The van der Waals surface area contributed by atoms with Crippen molar-refractivity contribution in [1.29, 1.82) is 0 Å². The summed E-state index contributed by atoms with van der Waals surface area (Å²) in [6.07, 6.45) is 0. The number of carboxylic acids is 1. The van der Waals surface area contributed by atoms with E-state index in [1.54, 1.807) is 0 Å². The summed E-state index contributed by atoms with van der Waals surface area (Å²) in [6.45, 7) is 0. The van der Waals surface area contributed by atoms with Crippen LogP contribution in [0.3, 0.4) is 0 Å². The van der Waals surface area contributed by atoms with E-state index < -0.39 is 5.97 Å². The Kier molecular flexibility index (Phi) is 2.27. The topological polar surface area (TPSA) is 69.6 Å². The molecule has 0 spiro atoms. The molecule has 0 unspecified atom stereocenters. The van der Waals surface area contributed by atoms with Gasteiger partial charge in [-0.3, -0.25) is 0 Å². The minimum atomic E-state index is -1.15. The number of fused-ring (bicyclic) bond motifs is 3. The van der Waals surface area contributed by atoms with E-state index in [2.05, 4.69) is 4.72 Å². The molecule has 0 saturated carbocycles. The monoisotopic (exact) mass is 265 g/mol. The molecular formula is C11H7NO3S2. The zero-order chi connectivity index (χ0) is 12.0. The van der Waals surface area contributed by atoms with Crippen LogP contribution >= 0.6 is 23.3 Å². The molecule has 2 aromatic rings. The molecule has 0 amide bonds. The Labute approximate surface area is 105 Å². The van der Waals surface area contributed by atoms with E-state index in [4.69, 9.17) is 5.11 Å². The van der Waals surface area contributed by atoms with Gasteiger partial charge in [-0.1, -0.05) is 18.2 Å². The number of thiophene rings is 1. The first-order valence-corrected chi connectivity index (χ1v) is 6.43. The van der Waals surface area contributed by atoms with Crippen LogP contribution in [-0.2, 0) is 4.79 Å². The second-order valence-corrected chi connectivity index (χ2v) is 5.36. The summed E-state index contributed by atoms with van der Waals surface area (Å²) in [5, 5.41) is 19.9. The average molecular weight is 265 g/mol. The Morgan fingerprint density at radius 3 is 2.82 bits per heavy atom. The molecule has 3 rings (SSSR count). The maximum Gasteiger partial charge on any atom is 0.356 e. The van der Waals surface area contributed by atoms with Gasteiger partial charge >= 0.3 is 5.97 Å². The SMILES string of the molecule is O=C(O)C1=C(O)c2sc3ccccc3c2SN1. The van der Waals surface area contributed by atoms with Gasteiger partial charge in [-0.05, 0) is 18.0 Å². The maximum atomic E-state index is 10.9. The molecule has 0 saturated heterocycles. The standard InChI is InChI=1S/C11H7NO3S2/c13-8-7(11(14)15)12-17-9-5-3-1-2-4-6(5)16-10(8)9/h1-4,12-13H,(H,14,15). The van der Waals surface area contributed by atoms with Crippen LogP contribution in [0.1, 0.15) is 4.88 Å². The van der Waals surface area contributed by atoms with Gasteiger partial charge in [-0.15, -0.1) is 11.3 Å². The van der Waals surface area contributed by atoms with Crippen molar-refractivity contribution in [2.75, 3.05) is 0 Å². The Balaban J connectivity index is 2.30. The Morgan fingerprint density at radius 2 is 2.06 bits per heavy atom. The zero-order valence-electron chi connectivity index (χ0n) is 8.43. The molecule has 4 nitrogen and oxygen atoms in total. The highest BCUT2D eigenvalue weighted by Crippen LogP contribution is 2.43. The third-order valence-corrected chi connectivity index (χ3v) is 4.71. The molecule has 0 radical (unpaired) electrons. The molecule has 6 heteroatoms. The summed E-state index contributed by atoms with van der Waals surface area (Å²) in [6, 6.07) is 7.75. The third-order valence-electron chi connectivity index (χ3n) is 2.47. The van der Waals surface area contributed by atoms with E-state index in [1.165, 1.54) is 23.3 Å². The number of hydrogen-bond donors (Lipinski definition) is 3. The molecule has 0 bridgehead atoms. The second-order valence-electron chi connectivity index (χ2n) is 3.49. The maximum absolute atomic E-state index is 10.9. The van der Waals surface area contributed by atoms with E-state index in [0.717, 1.165) is 15.0 Å². The van der Waals surface area contributed by atoms with Crippen LogP contribution in [0, 0.1) is 0 Å². The molecule has 1 aliphatic heterocycles. The van der Waals surface area contributed by atoms with Gasteiger partial charge in [-0.2, -0.15) is 0 Å². The summed E-state index contributed by atoms with van der Waals surface area (Å²) in [5.41, 5.74) is -0.158. The molecular weight excluding hydrogens is 258 g/mol. The summed E-state index contributed by atoms with van der Waals surface area (Å²) in [4.78, 5) is 12.4. The molecule has 0 fully saturated rings. The fourth-order valence-electron chi connectivity index (χ4n) is 1.69. The van der Waals surface area contributed by atoms with Crippen LogP contribution in [0.4, 0.5) is 0 Å². The van der Waals surface area contributed by atoms with Gasteiger partial charge in [0.2, 0.25) is 0 Å². The zero-order valence-corrected chi connectivity index (χ0v) is 10.1. The number of rotatable bonds is 1. The molecule has 0 atom stereocenters. The molecule has 1 aliphatic rings. The lowest BCUT2D eigenvalue weighted by molar-refractivity contribution is -0.132. The van der Waals surface area contributed by atoms with Crippen molar-refractivity contribution in [3.8, 4) is 0 Å². The lowest BCUT2D eigenvalue weighted by Gasteiger charge is -2.14. The van der Waals surface area contributed by atoms with Gasteiger partial charge < -0.3 is 14.9 Å². The predicted octanol–water partition coefficient (Wildman–Crippen LogP) is 2.82. The van der Waals surface area contributed by atoms with Crippen molar-refractivity contribution in [1.82, 2.24) is 4.72 Å². The number of carbonyl (C=O) groups is 1. The van der Waals surface area contributed by atoms with Crippen molar-refractivity contribution in [2.24, 2.45) is 0 Å². The molecule has 0 aliphatic carbocycles. The molecule has 1 aromatic heterocycles.